The van der Waals surface area contributed by atoms with Crippen molar-refractivity contribution in [3.63, 3.8) is 0 Å². The Morgan fingerprint density at radius 1 is 1.37 bits per heavy atom. The van der Waals surface area contributed by atoms with Crippen LogP contribution < -0.4 is 4.90 Å². The van der Waals surface area contributed by atoms with Crippen LogP contribution in [0.15, 0.2) is 6.07 Å². The fourth-order valence-corrected chi connectivity index (χ4v) is 4.85. The van der Waals surface area contributed by atoms with Crippen LogP contribution in [0.4, 0.5) is 5.95 Å². The first-order valence-corrected chi connectivity index (χ1v) is 9.88. The molecular weight excluding hydrogens is 340 g/mol. The third-order valence-electron chi connectivity index (χ3n) is 6.21. The van der Waals surface area contributed by atoms with Gasteiger partial charge in [-0.15, -0.1) is 0 Å². The van der Waals surface area contributed by atoms with Crippen molar-refractivity contribution in [2.24, 2.45) is 11.3 Å². The van der Waals surface area contributed by atoms with Crippen molar-refractivity contribution in [2.45, 2.75) is 38.6 Å². The number of nitriles is 1. The Hall–Kier alpha value is -2.20. The molecule has 1 aliphatic carbocycles. The highest BCUT2D eigenvalue weighted by Crippen LogP contribution is 2.49. The lowest BCUT2D eigenvalue weighted by Gasteiger charge is -2.39. The van der Waals surface area contributed by atoms with Gasteiger partial charge in [-0.05, 0) is 58.7 Å². The molecule has 1 amide bonds. The molecule has 144 valence electrons. The van der Waals surface area contributed by atoms with Gasteiger partial charge in [-0.3, -0.25) is 4.79 Å². The zero-order valence-corrected chi connectivity index (χ0v) is 16.5. The predicted molar refractivity (Wildman–Crippen MR) is 102 cm³/mol. The molecule has 3 fully saturated rings. The molecule has 1 aromatic rings. The van der Waals surface area contributed by atoms with Gasteiger partial charge in [0.25, 0.3) is 0 Å². The number of carbonyl (C=O) groups is 1. The molecule has 2 saturated heterocycles. The molecule has 0 radical (unpaired) electrons. The van der Waals surface area contributed by atoms with E-state index >= 15 is 0 Å². The highest BCUT2D eigenvalue weighted by molar-refractivity contribution is 5.86. The van der Waals surface area contributed by atoms with Crippen LogP contribution in [0.2, 0.25) is 0 Å². The summed E-state index contributed by atoms with van der Waals surface area (Å²) in [5, 5.41) is 9.20. The maximum absolute atomic E-state index is 13.4. The van der Waals surface area contributed by atoms with Crippen molar-refractivity contribution in [1.29, 1.82) is 5.26 Å². The predicted octanol–water partition coefficient (Wildman–Crippen LogP) is 1.43. The number of hydrogen-bond donors (Lipinski definition) is 0. The summed E-state index contributed by atoms with van der Waals surface area (Å²) >= 11 is 0. The van der Waals surface area contributed by atoms with Gasteiger partial charge in [0.15, 0.2) is 0 Å². The number of amides is 1. The maximum atomic E-state index is 13.4. The van der Waals surface area contributed by atoms with Crippen molar-refractivity contribution < 1.29 is 4.79 Å². The van der Waals surface area contributed by atoms with Crippen LogP contribution in [-0.4, -0.2) is 72.0 Å². The number of aryl methyl sites for hydroxylation is 1. The number of piperidine rings is 1. The minimum absolute atomic E-state index is 0.160. The highest BCUT2D eigenvalue weighted by atomic mass is 16.2. The van der Waals surface area contributed by atoms with Crippen molar-refractivity contribution >= 4 is 11.9 Å². The van der Waals surface area contributed by atoms with Gasteiger partial charge >= 0.3 is 0 Å². The molecule has 3 heterocycles. The first kappa shape index (κ1) is 18.2. The summed E-state index contributed by atoms with van der Waals surface area (Å²) in [6, 6.07) is 4.07. The van der Waals surface area contributed by atoms with Crippen molar-refractivity contribution in [3.05, 3.63) is 17.5 Å². The van der Waals surface area contributed by atoms with E-state index < -0.39 is 0 Å². The minimum atomic E-state index is -0.160. The zero-order chi connectivity index (χ0) is 19.2. The van der Waals surface area contributed by atoms with Crippen LogP contribution in [-0.2, 0) is 4.79 Å². The number of nitrogens with zero attached hydrogens (tertiary/aromatic N) is 6. The third-order valence-corrected chi connectivity index (χ3v) is 6.21. The molecule has 27 heavy (non-hydrogen) atoms. The van der Waals surface area contributed by atoms with E-state index in [0.717, 1.165) is 57.6 Å². The van der Waals surface area contributed by atoms with Gasteiger partial charge in [-0.1, -0.05) is 0 Å². The molecule has 3 aliphatic rings. The van der Waals surface area contributed by atoms with Crippen LogP contribution in [0.1, 0.15) is 37.1 Å². The molecule has 1 saturated carbocycles. The second-order valence-electron chi connectivity index (χ2n) is 8.70. The Kier molecular flexibility index (Phi) is 4.55. The van der Waals surface area contributed by atoms with Gasteiger partial charge in [0, 0.05) is 31.9 Å². The van der Waals surface area contributed by atoms with E-state index in [0.29, 0.717) is 23.5 Å². The summed E-state index contributed by atoms with van der Waals surface area (Å²) in [4.78, 5) is 28.8. The summed E-state index contributed by atoms with van der Waals surface area (Å²) in [5.74, 6) is 1.44. The van der Waals surface area contributed by atoms with Gasteiger partial charge in [0.2, 0.25) is 11.9 Å². The van der Waals surface area contributed by atoms with E-state index in [1.807, 2.05) is 21.0 Å². The average molecular weight is 368 g/mol. The number of aromatic nitrogens is 2. The molecule has 1 aromatic heterocycles. The van der Waals surface area contributed by atoms with E-state index in [4.69, 9.17) is 0 Å². The van der Waals surface area contributed by atoms with Crippen LogP contribution in [0, 0.1) is 29.6 Å². The summed E-state index contributed by atoms with van der Waals surface area (Å²) < 4.78 is 0. The Morgan fingerprint density at radius 2 is 2.15 bits per heavy atom. The highest BCUT2D eigenvalue weighted by Gasteiger charge is 2.54. The van der Waals surface area contributed by atoms with E-state index in [1.54, 1.807) is 6.07 Å². The standard InChI is InChI=1S/C20H28N6O/c1-14-9-16(10-21)23-19(22-14)25-11-15-5-4-8-26(17(15)12-25)18(27)20(6-7-20)13-24(2)3/h9,15,17H,4-8,11-13H2,1-3H3/t15-,17+/m0/s1. The van der Waals surface area contributed by atoms with Crippen LogP contribution in [0.25, 0.3) is 0 Å². The molecule has 7 heteroatoms. The van der Waals surface area contributed by atoms with Gasteiger partial charge < -0.3 is 14.7 Å². The number of fused-ring (bicyclic) bond motifs is 1. The summed E-state index contributed by atoms with van der Waals surface area (Å²) in [5.41, 5.74) is 1.05. The number of hydrogen-bond acceptors (Lipinski definition) is 6. The van der Waals surface area contributed by atoms with E-state index in [1.165, 1.54) is 0 Å². The van der Waals surface area contributed by atoms with Gasteiger partial charge in [-0.25, -0.2) is 9.97 Å². The van der Waals surface area contributed by atoms with Crippen LogP contribution >= 0.6 is 0 Å². The van der Waals surface area contributed by atoms with Gasteiger partial charge in [0.1, 0.15) is 11.8 Å². The van der Waals surface area contributed by atoms with Crippen LogP contribution in [0.5, 0.6) is 0 Å². The lowest BCUT2D eigenvalue weighted by Crippen LogP contribution is -2.52. The second-order valence-corrected chi connectivity index (χ2v) is 8.70. The van der Waals surface area contributed by atoms with Crippen molar-refractivity contribution in [2.75, 3.05) is 45.2 Å². The summed E-state index contributed by atoms with van der Waals surface area (Å²) in [6.45, 7) is 5.23. The van der Waals surface area contributed by atoms with Gasteiger partial charge in [-0.2, -0.15) is 5.26 Å². The fraction of sp³-hybridized carbons (Fsp3) is 0.700. The first-order valence-electron chi connectivity index (χ1n) is 9.88. The Balaban J connectivity index is 1.53. The molecule has 2 aliphatic heterocycles. The van der Waals surface area contributed by atoms with Gasteiger partial charge in [0.05, 0.1) is 11.5 Å². The third kappa shape index (κ3) is 3.39. The quantitative estimate of drug-likeness (QED) is 0.800. The summed E-state index contributed by atoms with van der Waals surface area (Å²) in [7, 11) is 4.09. The molecule has 0 bridgehead atoms. The molecule has 7 nitrogen and oxygen atoms in total. The zero-order valence-electron chi connectivity index (χ0n) is 16.5. The molecular formula is C20H28N6O. The molecule has 0 N–H and O–H groups in total. The number of rotatable bonds is 4. The topological polar surface area (TPSA) is 76.4 Å². The second kappa shape index (κ2) is 6.75. The fourth-order valence-electron chi connectivity index (χ4n) is 4.85. The Morgan fingerprint density at radius 3 is 2.81 bits per heavy atom. The SMILES string of the molecule is Cc1cc(C#N)nc(N2C[C@@H]3CCCN(C(=O)C4(CN(C)C)CC4)[C@@H]3C2)n1. The van der Waals surface area contributed by atoms with E-state index in [9.17, 15) is 10.1 Å². The average Bonchev–Trinajstić information content (AvgIpc) is 3.27. The van der Waals surface area contributed by atoms with E-state index in [2.05, 4.69) is 30.7 Å². The normalized spacial score (nSPS) is 26.0. The van der Waals surface area contributed by atoms with Crippen molar-refractivity contribution in [3.8, 4) is 6.07 Å². The van der Waals surface area contributed by atoms with Crippen molar-refractivity contribution in [1.82, 2.24) is 19.8 Å². The van der Waals surface area contributed by atoms with E-state index in [-0.39, 0.29) is 11.5 Å². The van der Waals surface area contributed by atoms with Crippen LogP contribution in [0.3, 0.4) is 0 Å². The molecule has 2 atom stereocenters. The maximum Gasteiger partial charge on any atom is 0.230 e. The molecule has 0 unspecified atom stereocenters. The largest absolute Gasteiger partial charge is 0.338 e. The number of carbonyl (C=O) groups excluding carboxylic acids is 1. The monoisotopic (exact) mass is 368 g/mol. The summed E-state index contributed by atoms with van der Waals surface area (Å²) in [6.07, 6.45) is 4.22. The minimum Gasteiger partial charge on any atom is -0.338 e. The lowest BCUT2D eigenvalue weighted by atomic mass is 9.90. The Labute approximate surface area is 161 Å². The smallest absolute Gasteiger partial charge is 0.230 e. The molecule has 0 spiro atoms. The number of anilines is 1. The molecule has 0 aromatic carbocycles. The Bertz CT molecular complexity index is 781. The first-order chi connectivity index (χ1) is 12.9. The number of likely N-dealkylation sites (tertiary alicyclic amines) is 1. The lowest BCUT2D eigenvalue weighted by molar-refractivity contribution is -0.142. The molecule has 4 rings (SSSR count).